The summed E-state index contributed by atoms with van der Waals surface area (Å²) in [5, 5.41) is 4.36. The standard InChI is InChI=1S/C16H19N5/c1-11-4-3-5-12(2)13(11)8-15(20-17)14-9-19-21-7-6-18-10-16(14)21/h3-7,9-10,15,20H,8,17H2,1-2H3. The van der Waals surface area contributed by atoms with E-state index in [4.69, 9.17) is 5.84 Å². The van der Waals surface area contributed by atoms with E-state index in [1.807, 2.05) is 23.1 Å². The number of hydrazine groups is 1. The zero-order valence-corrected chi connectivity index (χ0v) is 12.2. The summed E-state index contributed by atoms with van der Waals surface area (Å²) in [5.41, 5.74) is 8.85. The molecule has 2 aromatic heterocycles. The van der Waals surface area contributed by atoms with Crippen molar-refractivity contribution in [2.75, 3.05) is 0 Å². The van der Waals surface area contributed by atoms with E-state index in [9.17, 15) is 0 Å². The predicted octanol–water partition coefficient (Wildman–Crippen LogP) is 2.09. The Hall–Kier alpha value is -2.24. The molecule has 1 unspecified atom stereocenters. The van der Waals surface area contributed by atoms with Crippen molar-refractivity contribution in [1.29, 1.82) is 0 Å². The Morgan fingerprint density at radius 1 is 1.24 bits per heavy atom. The maximum Gasteiger partial charge on any atom is 0.0893 e. The summed E-state index contributed by atoms with van der Waals surface area (Å²) < 4.78 is 1.82. The van der Waals surface area contributed by atoms with Crippen LogP contribution in [-0.4, -0.2) is 14.6 Å². The fourth-order valence-corrected chi connectivity index (χ4v) is 2.75. The molecule has 0 aliphatic heterocycles. The van der Waals surface area contributed by atoms with E-state index >= 15 is 0 Å². The molecule has 0 radical (unpaired) electrons. The topological polar surface area (TPSA) is 68.2 Å². The number of nitrogens with one attached hydrogen (secondary N) is 1. The minimum Gasteiger partial charge on any atom is -0.271 e. The van der Waals surface area contributed by atoms with Gasteiger partial charge in [-0.3, -0.25) is 16.3 Å². The van der Waals surface area contributed by atoms with Crippen LogP contribution in [0.4, 0.5) is 0 Å². The first kappa shape index (κ1) is 13.7. The van der Waals surface area contributed by atoms with E-state index in [0.717, 1.165) is 17.5 Å². The van der Waals surface area contributed by atoms with Crippen LogP contribution in [0, 0.1) is 13.8 Å². The zero-order valence-electron chi connectivity index (χ0n) is 12.2. The monoisotopic (exact) mass is 281 g/mol. The molecule has 1 aromatic carbocycles. The molecule has 0 spiro atoms. The third kappa shape index (κ3) is 2.53. The number of hydrogen-bond acceptors (Lipinski definition) is 4. The van der Waals surface area contributed by atoms with Gasteiger partial charge in [0.25, 0.3) is 0 Å². The Morgan fingerprint density at radius 3 is 2.71 bits per heavy atom. The Morgan fingerprint density at radius 2 is 2.00 bits per heavy atom. The van der Waals surface area contributed by atoms with Crippen molar-refractivity contribution in [1.82, 2.24) is 20.0 Å². The molecule has 0 amide bonds. The minimum atomic E-state index is 0.00602. The Kier molecular flexibility index (Phi) is 3.68. The van der Waals surface area contributed by atoms with Crippen molar-refractivity contribution in [3.05, 3.63) is 65.2 Å². The highest BCUT2D eigenvalue weighted by atomic mass is 15.3. The molecule has 0 aliphatic rings. The third-order valence-electron chi connectivity index (χ3n) is 3.98. The normalized spacial score (nSPS) is 12.7. The number of rotatable bonds is 4. The molecule has 5 heteroatoms. The van der Waals surface area contributed by atoms with E-state index in [1.165, 1.54) is 16.7 Å². The van der Waals surface area contributed by atoms with Crippen LogP contribution in [0.3, 0.4) is 0 Å². The molecular weight excluding hydrogens is 262 g/mol. The molecule has 21 heavy (non-hydrogen) atoms. The zero-order chi connectivity index (χ0) is 14.8. The van der Waals surface area contributed by atoms with Gasteiger partial charge in [0.2, 0.25) is 0 Å². The number of aryl methyl sites for hydroxylation is 2. The van der Waals surface area contributed by atoms with Gasteiger partial charge >= 0.3 is 0 Å². The second-order valence-electron chi connectivity index (χ2n) is 5.30. The van der Waals surface area contributed by atoms with Crippen molar-refractivity contribution < 1.29 is 0 Å². The molecule has 108 valence electrons. The molecule has 2 heterocycles. The summed E-state index contributed by atoms with van der Waals surface area (Å²) in [6, 6.07) is 6.35. The van der Waals surface area contributed by atoms with Gasteiger partial charge in [-0.15, -0.1) is 0 Å². The number of aromatic nitrogens is 3. The van der Waals surface area contributed by atoms with Crippen LogP contribution >= 0.6 is 0 Å². The third-order valence-corrected chi connectivity index (χ3v) is 3.98. The van der Waals surface area contributed by atoms with Gasteiger partial charge < -0.3 is 0 Å². The lowest BCUT2D eigenvalue weighted by atomic mass is 9.94. The summed E-state index contributed by atoms with van der Waals surface area (Å²) in [4.78, 5) is 4.18. The molecule has 0 saturated carbocycles. The van der Waals surface area contributed by atoms with Crippen LogP contribution in [0.1, 0.15) is 28.3 Å². The molecule has 0 saturated heterocycles. The fourth-order valence-electron chi connectivity index (χ4n) is 2.75. The first-order chi connectivity index (χ1) is 10.2. The first-order valence-electron chi connectivity index (χ1n) is 6.99. The van der Waals surface area contributed by atoms with Crippen molar-refractivity contribution in [3.63, 3.8) is 0 Å². The lowest BCUT2D eigenvalue weighted by Gasteiger charge is -2.18. The SMILES string of the molecule is Cc1cccc(C)c1CC(NN)c1cnn2ccncc12. The lowest BCUT2D eigenvalue weighted by Crippen LogP contribution is -2.30. The highest BCUT2D eigenvalue weighted by Gasteiger charge is 2.17. The van der Waals surface area contributed by atoms with Gasteiger partial charge in [-0.05, 0) is 37.0 Å². The summed E-state index contributed by atoms with van der Waals surface area (Å²) in [6.45, 7) is 4.27. The Labute approximate surface area is 123 Å². The fraction of sp³-hybridized carbons (Fsp3) is 0.250. The average molecular weight is 281 g/mol. The maximum absolute atomic E-state index is 5.80. The number of hydrogen-bond donors (Lipinski definition) is 2. The van der Waals surface area contributed by atoms with E-state index < -0.39 is 0 Å². The Balaban J connectivity index is 1.99. The quantitative estimate of drug-likeness (QED) is 0.567. The summed E-state index contributed by atoms with van der Waals surface area (Å²) in [5.74, 6) is 5.80. The molecule has 1 atom stereocenters. The van der Waals surface area contributed by atoms with E-state index in [1.54, 1.807) is 6.20 Å². The summed E-state index contributed by atoms with van der Waals surface area (Å²) in [7, 11) is 0. The van der Waals surface area contributed by atoms with Crippen LogP contribution in [0.15, 0.2) is 43.0 Å². The highest BCUT2D eigenvalue weighted by Crippen LogP contribution is 2.25. The second kappa shape index (κ2) is 5.63. The average Bonchev–Trinajstić information content (AvgIpc) is 2.91. The van der Waals surface area contributed by atoms with E-state index in [2.05, 4.69) is 47.6 Å². The Bertz CT molecular complexity index is 742. The minimum absolute atomic E-state index is 0.00602. The van der Waals surface area contributed by atoms with Gasteiger partial charge in [-0.25, -0.2) is 4.52 Å². The maximum atomic E-state index is 5.80. The molecular formula is C16H19N5. The molecule has 0 fully saturated rings. The van der Waals surface area contributed by atoms with Crippen LogP contribution in [0.25, 0.3) is 5.52 Å². The largest absolute Gasteiger partial charge is 0.271 e. The van der Waals surface area contributed by atoms with Crippen molar-refractivity contribution in [2.45, 2.75) is 26.3 Å². The predicted molar refractivity (Wildman–Crippen MR) is 82.7 cm³/mol. The molecule has 0 bridgehead atoms. The molecule has 0 aliphatic carbocycles. The van der Waals surface area contributed by atoms with Gasteiger partial charge in [-0.2, -0.15) is 5.10 Å². The second-order valence-corrected chi connectivity index (χ2v) is 5.30. The number of fused-ring (bicyclic) bond motifs is 1. The van der Waals surface area contributed by atoms with Crippen LogP contribution < -0.4 is 11.3 Å². The number of nitrogens with zero attached hydrogens (tertiary/aromatic N) is 3. The van der Waals surface area contributed by atoms with Gasteiger partial charge in [-0.1, -0.05) is 18.2 Å². The van der Waals surface area contributed by atoms with Crippen LogP contribution in [0.2, 0.25) is 0 Å². The smallest absolute Gasteiger partial charge is 0.0893 e. The first-order valence-corrected chi connectivity index (χ1v) is 6.99. The van der Waals surface area contributed by atoms with E-state index in [0.29, 0.717) is 0 Å². The van der Waals surface area contributed by atoms with E-state index in [-0.39, 0.29) is 6.04 Å². The molecule has 3 rings (SSSR count). The van der Waals surface area contributed by atoms with Gasteiger partial charge in [0, 0.05) is 18.0 Å². The highest BCUT2D eigenvalue weighted by molar-refractivity contribution is 5.53. The van der Waals surface area contributed by atoms with Gasteiger partial charge in [0.1, 0.15) is 0 Å². The summed E-state index contributed by atoms with van der Waals surface area (Å²) in [6.07, 6.45) is 8.06. The van der Waals surface area contributed by atoms with Crippen LogP contribution in [-0.2, 0) is 6.42 Å². The molecule has 3 aromatic rings. The number of benzene rings is 1. The molecule has 5 nitrogen and oxygen atoms in total. The summed E-state index contributed by atoms with van der Waals surface area (Å²) >= 11 is 0. The van der Waals surface area contributed by atoms with Crippen molar-refractivity contribution >= 4 is 5.52 Å². The van der Waals surface area contributed by atoms with Crippen molar-refractivity contribution in [3.8, 4) is 0 Å². The van der Waals surface area contributed by atoms with Crippen LogP contribution in [0.5, 0.6) is 0 Å². The number of nitrogens with two attached hydrogens (primary N) is 1. The van der Waals surface area contributed by atoms with Gasteiger partial charge in [0.15, 0.2) is 0 Å². The molecule has 3 N–H and O–H groups in total. The van der Waals surface area contributed by atoms with Crippen molar-refractivity contribution in [2.24, 2.45) is 5.84 Å². The lowest BCUT2D eigenvalue weighted by molar-refractivity contribution is 0.553. The van der Waals surface area contributed by atoms with Gasteiger partial charge in [0.05, 0.1) is 24.0 Å².